The quantitative estimate of drug-likeness (QED) is 0.769. The van der Waals surface area contributed by atoms with Gasteiger partial charge in [0, 0.05) is 11.6 Å². The summed E-state index contributed by atoms with van der Waals surface area (Å²) in [5.41, 5.74) is 2.92. The third-order valence-electron chi connectivity index (χ3n) is 4.96. The van der Waals surface area contributed by atoms with Gasteiger partial charge in [-0.3, -0.25) is 0 Å². The second-order valence-corrected chi connectivity index (χ2v) is 8.26. The Balaban J connectivity index is 1.91. The molecule has 0 bridgehead atoms. The number of nitrogens with one attached hydrogen (secondary N) is 1. The van der Waals surface area contributed by atoms with Gasteiger partial charge in [0.15, 0.2) is 0 Å². The van der Waals surface area contributed by atoms with Crippen molar-refractivity contribution in [3.8, 4) is 5.75 Å². The van der Waals surface area contributed by atoms with Gasteiger partial charge >= 0.3 is 5.97 Å². The number of carbonyl (C=O) groups is 1. The molecule has 0 fully saturated rings. The first-order valence-corrected chi connectivity index (χ1v) is 9.66. The minimum absolute atomic E-state index is 0.0610. The van der Waals surface area contributed by atoms with E-state index in [4.69, 9.17) is 9.47 Å². The Labute approximate surface area is 166 Å². The van der Waals surface area contributed by atoms with Crippen LogP contribution in [0.3, 0.4) is 0 Å². The number of benzene rings is 2. The molecule has 0 aliphatic heterocycles. The van der Waals surface area contributed by atoms with E-state index in [2.05, 4.69) is 26.1 Å². The maximum atomic E-state index is 12.5. The SMILES string of the molecule is COC(=O)c1c(OCc2ccccc2)ccc2c1CC[C@@H](NC(C)(C)C)[C@H]2O. The fourth-order valence-corrected chi connectivity index (χ4v) is 3.75. The van der Waals surface area contributed by atoms with Crippen molar-refractivity contribution in [3.05, 3.63) is 64.7 Å². The smallest absolute Gasteiger partial charge is 0.341 e. The molecule has 0 saturated heterocycles. The van der Waals surface area contributed by atoms with E-state index in [1.165, 1.54) is 7.11 Å². The number of esters is 1. The van der Waals surface area contributed by atoms with Crippen molar-refractivity contribution in [2.45, 2.75) is 57.9 Å². The molecular weight excluding hydrogens is 354 g/mol. The summed E-state index contributed by atoms with van der Waals surface area (Å²) in [4.78, 5) is 12.5. The molecule has 1 aliphatic carbocycles. The van der Waals surface area contributed by atoms with E-state index < -0.39 is 12.1 Å². The Kier molecular flexibility index (Phi) is 6.06. The van der Waals surface area contributed by atoms with Gasteiger partial charge in [0.1, 0.15) is 17.9 Å². The van der Waals surface area contributed by atoms with Crippen LogP contribution in [0.1, 0.15) is 60.3 Å². The van der Waals surface area contributed by atoms with Crippen molar-refractivity contribution in [1.82, 2.24) is 5.32 Å². The van der Waals surface area contributed by atoms with Crippen LogP contribution < -0.4 is 10.1 Å². The van der Waals surface area contributed by atoms with E-state index in [0.29, 0.717) is 24.3 Å². The highest BCUT2D eigenvalue weighted by Crippen LogP contribution is 2.37. The van der Waals surface area contributed by atoms with Crippen LogP contribution in [-0.2, 0) is 17.8 Å². The molecule has 0 unspecified atom stereocenters. The highest BCUT2D eigenvalue weighted by atomic mass is 16.5. The summed E-state index contributed by atoms with van der Waals surface area (Å²) < 4.78 is 11.0. The van der Waals surface area contributed by atoms with Gasteiger partial charge in [-0.1, -0.05) is 36.4 Å². The zero-order chi connectivity index (χ0) is 20.3. The number of methoxy groups -OCH3 is 1. The van der Waals surface area contributed by atoms with Gasteiger partial charge in [0.2, 0.25) is 0 Å². The number of hydrogen-bond donors (Lipinski definition) is 2. The molecule has 0 saturated carbocycles. The minimum atomic E-state index is -0.686. The molecule has 2 aromatic carbocycles. The number of hydrogen-bond acceptors (Lipinski definition) is 5. The summed E-state index contributed by atoms with van der Waals surface area (Å²) in [6, 6.07) is 13.4. The van der Waals surface area contributed by atoms with Crippen molar-refractivity contribution >= 4 is 5.97 Å². The Bertz CT molecular complexity index is 826. The van der Waals surface area contributed by atoms with E-state index in [1.807, 2.05) is 36.4 Å². The van der Waals surface area contributed by atoms with Gasteiger partial charge < -0.3 is 19.9 Å². The van der Waals surface area contributed by atoms with Crippen molar-refractivity contribution in [2.24, 2.45) is 0 Å². The number of ether oxygens (including phenoxy) is 2. The second kappa shape index (κ2) is 8.33. The molecule has 0 amide bonds. The third-order valence-corrected chi connectivity index (χ3v) is 4.96. The molecule has 150 valence electrons. The molecular formula is C23H29NO4. The van der Waals surface area contributed by atoms with Crippen LogP contribution >= 0.6 is 0 Å². The van der Waals surface area contributed by atoms with E-state index in [9.17, 15) is 9.90 Å². The van der Waals surface area contributed by atoms with Gasteiger partial charge in [-0.25, -0.2) is 4.79 Å². The molecule has 2 N–H and O–H groups in total. The predicted molar refractivity (Wildman–Crippen MR) is 109 cm³/mol. The largest absolute Gasteiger partial charge is 0.488 e. The first-order chi connectivity index (χ1) is 13.3. The Morgan fingerprint density at radius 3 is 2.54 bits per heavy atom. The summed E-state index contributed by atoms with van der Waals surface area (Å²) >= 11 is 0. The summed E-state index contributed by atoms with van der Waals surface area (Å²) in [5.74, 6) is 0.0539. The molecule has 2 atom stereocenters. The number of fused-ring (bicyclic) bond motifs is 1. The number of aliphatic hydroxyl groups excluding tert-OH is 1. The van der Waals surface area contributed by atoms with Crippen molar-refractivity contribution in [1.29, 1.82) is 0 Å². The summed E-state index contributed by atoms with van der Waals surface area (Å²) in [6.45, 7) is 6.60. The van der Waals surface area contributed by atoms with E-state index in [-0.39, 0.29) is 11.6 Å². The molecule has 5 heteroatoms. The zero-order valence-corrected chi connectivity index (χ0v) is 17.0. The lowest BCUT2D eigenvalue weighted by atomic mass is 9.82. The third kappa shape index (κ3) is 4.54. The number of rotatable bonds is 5. The zero-order valence-electron chi connectivity index (χ0n) is 17.0. The first kappa shape index (κ1) is 20.4. The van der Waals surface area contributed by atoms with Gasteiger partial charge in [-0.15, -0.1) is 0 Å². The molecule has 1 aliphatic rings. The van der Waals surface area contributed by atoms with Crippen molar-refractivity contribution < 1.29 is 19.4 Å². The monoisotopic (exact) mass is 383 g/mol. The Morgan fingerprint density at radius 2 is 1.89 bits per heavy atom. The maximum absolute atomic E-state index is 12.5. The highest BCUT2D eigenvalue weighted by Gasteiger charge is 2.34. The van der Waals surface area contributed by atoms with Gasteiger partial charge in [0.05, 0.1) is 13.2 Å². The van der Waals surface area contributed by atoms with Crippen LogP contribution in [0.25, 0.3) is 0 Å². The topological polar surface area (TPSA) is 67.8 Å². The molecule has 0 heterocycles. The minimum Gasteiger partial charge on any atom is -0.488 e. The van der Waals surface area contributed by atoms with Gasteiger partial charge in [0.25, 0.3) is 0 Å². The second-order valence-electron chi connectivity index (χ2n) is 8.26. The lowest BCUT2D eigenvalue weighted by Gasteiger charge is -2.36. The summed E-state index contributed by atoms with van der Waals surface area (Å²) in [5, 5.41) is 14.4. The maximum Gasteiger partial charge on any atom is 0.341 e. The number of aliphatic hydroxyl groups is 1. The highest BCUT2D eigenvalue weighted by molar-refractivity contribution is 5.94. The molecule has 3 rings (SSSR count). The predicted octanol–water partition coefficient (Wildman–Crippen LogP) is 3.79. The molecule has 0 radical (unpaired) electrons. The first-order valence-electron chi connectivity index (χ1n) is 9.66. The van der Waals surface area contributed by atoms with E-state index in [0.717, 1.165) is 23.1 Å². The lowest BCUT2D eigenvalue weighted by molar-refractivity contribution is 0.0590. The van der Waals surface area contributed by atoms with Crippen molar-refractivity contribution in [2.75, 3.05) is 7.11 Å². The van der Waals surface area contributed by atoms with Gasteiger partial charge in [-0.2, -0.15) is 0 Å². The summed E-state index contributed by atoms with van der Waals surface area (Å²) in [6.07, 6.45) is 0.722. The van der Waals surface area contributed by atoms with Crippen LogP contribution in [0.2, 0.25) is 0 Å². The normalized spacial score (nSPS) is 19.0. The number of carbonyl (C=O) groups excluding carboxylic acids is 1. The average Bonchev–Trinajstić information content (AvgIpc) is 2.67. The molecule has 5 nitrogen and oxygen atoms in total. The molecule has 0 aromatic heterocycles. The van der Waals surface area contributed by atoms with Crippen LogP contribution in [0.15, 0.2) is 42.5 Å². The van der Waals surface area contributed by atoms with Crippen LogP contribution in [-0.4, -0.2) is 29.8 Å². The summed E-state index contributed by atoms with van der Waals surface area (Å²) in [7, 11) is 1.37. The molecule has 28 heavy (non-hydrogen) atoms. The molecule has 2 aromatic rings. The van der Waals surface area contributed by atoms with E-state index in [1.54, 1.807) is 6.07 Å². The standard InChI is InChI=1S/C23H29NO4/c1-23(2,3)24-18-12-10-16-17(21(18)25)11-13-19(20(16)22(26)27-4)28-14-15-8-6-5-7-9-15/h5-9,11,13,18,21,24-25H,10,12,14H2,1-4H3/t18-,21+/m1/s1. The Morgan fingerprint density at radius 1 is 1.18 bits per heavy atom. The van der Waals surface area contributed by atoms with Crippen LogP contribution in [0, 0.1) is 0 Å². The fraction of sp³-hybridized carbons (Fsp3) is 0.435. The lowest BCUT2D eigenvalue weighted by Crippen LogP contribution is -2.48. The van der Waals surface area contributed by atoms with Crippen molar-refractivity contribution in [3.63, 3.8) is 0 Å². The average molecular weight is 383 g/mol. The van der Waals surface area contributed by atoms with Gasteiger partial charge in [-0.05, 0) is 56.4 Å². The van der Waals surface area contributed by atoms with Crippen LogP contribution in [0.5, 0.6) is 5.75 Å². The fourth-order valence-electron chi connectivity index (χ4n) is 3.75. The van der Waals surface area contributed by atoms with Crippen LogP contribution in [0.4, 0.5) is 0 Å². The van der Waals surface area contributed by atoms with E-state index >= 15 is 0 Å². The molecule has 0 spiro atoms. The Hall–Kier alpha value is -2.37.